The third-order valence-corrected chi connectivity index (χ3v) is 3.13. The van der Waals surface area contributed by atoms with Gasteiger partial charge in [0.2, 0.25) is 0 Å². The molecule has 0 bridgehead atoms. The molecule has 20 heavy (non-hydrogen) atoms. The zero-order valence-electron chi connectivity index (χ0n) is 13.1. The topological polar surface area (TPSA) is 50.7 Å². The van der Waals surface area contributed by atoms with E-state index in [9.17, 15) is 5.11 Å². The van der Waals surface area contributed by atoms with Crippen LogP contribution in [0.2, 0.25) is 0 Å². The van der Waals surface area contributed by atoms with Crippen LogP contribution in [0, 0.1) is 5.92 Å². The summed E-state index contributed by atoms with van der Waals surface area (Å²) in [4.78, 5) is 0. The molecule has 114 valence electrons. The fourth-order valence-corrected chi connectivity index (χ4v) is 1.71. The van der Waals surface area contributed by atoms with E-state index in [1.165, 1.54) is 0 Å². The van der Waals surface area contributed by atoms with Gasteiger partial charge in [-0.15, -0.1) is 0 Å². The first-order valence-electron chi connectivity index (χ1n) is 7.16. The smallest absolute Gasteiger partial charge is 0.128 e. The lowest BCUT2D eigenvalue weighted by Gasteiger charge is -2.20. The third-order valence-electron chi connectivity index (χ3n) is 3.13. The van der Waals surface area contributed by atoms with Crippen LogP contribution >= 0.6 is 0 Å². The normalized spacial score (nSPS) is 14.2. The minimum absolute atomic E-state index is 0.258. The molecular formula is C16H27NO3. The minimum Gasteiger partial charge on any atom is -0.497 e. The Labute approximate surface area is 122 Å². The molecule has 0 radical (unpaired) electrons. The van der Waals surface area contributed by atoms with Gasteiger partial charge in [0, 0.05) is 18.2 Å². The van der Waals surface area contributed by atoms with Crippen LogP contribution in [0.25, 0.3) is 0 Å². The summed E-state index contributed by atoms with van der Waals surface area (Å²) < 4.78 is 11.1. The van der Waals surface area contributed by atoms with Crippen LogP contribution in [-0.2, 0) is 6.54 Å². The van der Waals surface area contributed by atoms with Gasteiger partial charge >= 0.3 is 0 Å². The lowest BCUT2D eigenvalue weighted by Crippen LogP contribution is -2.26. The molecule has 0 aliphatic carbocycles. The Balaban J connectivity index is 2.80. The Morgan fingerprint density at radius 1 is 1.20 bits per heavy atom. The number of aliphatic hydroxyl groups is 1. The average molecular weight is 281 g/mol. The largest absolute Gasteiger partial charge is 0.497 e. The number of benzene rings is 1. The van der Waals surface area contributed by atoms with Gasteiger partial charge in [0.1, 0.15) is 17.6 Å². The molecule has 2 atom stereocenters. The standard InChI is InChI=1S/C16H27NO3/c1-11(2)9-17-10-14-6-7-15(19-5)8-16(14)20-13(4)12(3)18/h6-8,11-13,17-18H,9-10H2,1-5H3. The highest BCUT2D eigenvalue weighted by Gasteiger charge is 2.14. The minimum atomic E-state index is -0.516. The van der Waals surface area contributed by atoms with Crippen molar-refractivity contribution in [3.63, 3.8) is 0 Å². The molecule has 1 aromatic rings. The highest BCUT2D eigenvalue weighted by Crippen LogP contribution is 2.26. The van der Waals surface area contributed by atoms with Gasteiger partial charge in [-0.3, -0.25) is 0 Å². The summed E-state index contributed by atoms with van der Waals surface area (Å²) >= 11 is 0. The predicted molar refractivity (Wildman–Crippen MR) is 81.3 cm³/mol. The zero-order chi connectivity index (χ0) is 15.1. The molecule has 0 aliphatic heterocycles. The van der Waals surface area contributed by atoms with E-state index < -0.39 is 6.10 Å². The van der Waals surface area contributed by atoms with Crippen molar-refractivity contribution in [3.05, 3.63) is 23.8 Å². The summed E-state index contributed by atoms with van der Waals surface area (Å²) in [5.74, 6) is 2.12. The molecule has 2 unspecified atom stereocenters. The van der Waals surface area contributed by atoms with Crippen molar-refractivity contribution in [3.8, 4) is 11.5 Å². The number of hydrogen-bond donors (Lipinski definition) is 2. The summed E-state index contributed by atoms with van der Waals surface area (Å²) in [7, 11) is 1.63. The van der Waals surface area contributed by atoms with Crippen LogP contribution in [0.4, 0.5) is 0 Å². The molecule has 1 rings (SSSR count). The van der Waals surface area contributed by atoms with Crippen molar-refractivity contribution in [1.82, 2.24) is 5.32 Å². The maximum Gasteiger partial charge on any atom is 0.128 e. The number of methoxy groups -OCH3 is 1. The van der Waals surface area contributed by atoms with Gasteiger partial charge in [0.05, 0.1) is 13.2 Å². The van der Waals surface area contributed by atoms with E-state index in [0.717, 1.165) is 30.2 Å². The molecule has 2 N–H and O–H groups in total. The molecule has 4 nitrogen and oxygen atoms in total. The first-order valence-corrected chi connectivity index (χ1v) is 7.16. The molecular weight excluding hydrogens is 254 g/mol. The first kappa shape index (κ1) is 16.8. The van der Waals surface area contributed by atoms with Gasteiger partial charge in [-0.2, -0.15) is 0 Å². The third kappa shape index (κ3) is 5.39. The number of nitrogens with one attached hydrogen (secondary N) is 1. The maximum absolute atomic E-state index is 9.58. The quantitative estimate of drug-likeness (QED) is 0.769. The fraction of sp³-hybridized carbons (Fsp3) is 0.625. The van der Waals surface area contributed by atoms with E-state index >= 15 is 0 Å². The Morgan fingerprint density at radius 3 is 2.45 bits per heavy atom. The van der Waals surface area contributed by atoms with E-state index in [-0.39, 0.29) is 6.10 Å². The number of hydrogen-bond acceptors (Lipinski definition) is 4. The number of rotatable bonds is 8. The van der Waals surface area contributed by atoms with Gasteiger partial charge < -0.3 is 19.9 Å². The lowest BCUT2D eigenvalue weighted by atomic mass is 10.1. The summed E-state index contributed by atoms with van der Waals surface area (Å²) in [5.41, 5.74) is 1.07. The second kappa shape index (κ2) is 8.12. The Hall–Kier alpha value is -1.26. The summed E-state index contributed by atoms with van der Waals surface area (Å²) in [6.07, 6.45) is -0.774. The van der Waals surface area contributed by atoms with Gasteiger partial charge in [-0.05, 0) is 32.4 Å². The second-order valence-electron chi connectivity index (χ2n) is 5.56. The molecule has 0 amide bonds. The number of aliphatic hydroxyl groups excluding tert-OH is 1. The predicted octanol–water partition coefficient (Wildman–Crippen LogP) is 2.59. The van der Waals surface area contributed by atoms with Crippen molar-refractivity contribution in [2.45, 2.75) is 46.4 Å². The maximum atomic E-state index is 9.58. The fourth-order valence-electron chi connectivity index (χ4n) is 1.71. The molecule has 0 saturated heterocycles. The molecule has 0 aliphatic rings. The van der Waals surface area contributed by atoms with Crippen LogP contribution < -0.4 is 14.8 Å². The molecule has 0 fully saturated rings. The van der Waals surface area contributed by atoms with Crippen LogP contribution in [0.1, 0.15) is 33.3 Å². The number of ether oxygens (including phenoxy) is 2. The molecule has 0 aromatic heterocycles. The van der Waals surface area contributed by atoms with Gasteiger partial charge in [-0.1, -0.05) is 19.9 Å². The van der Waals surface area contributed by atoms with E-state index in [2.05, 4.69) is 19.2 Å². The first-order chi connectivity index (χ1) is 9.43. The van der Waals surface area contributed by atoms with E-state index in [4.69, 9.17) is 9.47 Å². The van der Waals surface area contributed by atoms with Crippen molar-refractivity contribution in [2.75, 3.05) is 13.7 Å². The Bertz CT molecular complexity index is 405. The highest BCUT2D eigenvalue weighted by atomic mass is 16.5. The van der Waals surface area contributed by atoms with Crippen molar-refractivity contribution in [2.24, 2.45) is 5.92 Å². The van der Waals surface area contributed by atoms with Gasteiger partial charge in [0.25, 0.3) is 0 Å². The van der Waals surface area contributed by atoms with Crippen LogP contribution in [0.5, 0.6) is 11.5 Å². The summed E-state index contributed by atoms with van der Waals surface area (Å²) in [6, 6.07) is 5.79. The monoisotopic (exact) mass is 281 g/mol. The van der Waals surface area contributed by atoms with E-state index in [0.29, 0.717) is 5.92 Å². The Morgan fingerprint density at radius 2 is 1.90 bits per heavy atom. The lowest BCUT2D eigenvalue weighted by molar-refractivity contribution is 0.0596. The molecule has 0 heterocycles. The summed E-state index contributed by atoms with van der Waals surface area (Å²) in [6.45, 7) is 9.63. The van der Waals surface area contributed by atoms with E-state index in [1.54, 1.807) is 14.0 Å². The Kier molecular flexibility index (Phi) is 6.82. The van der Waals surface area contributed by atoms with Crippen LogP contribution in [-0.4, -0.2) is 31.0 Å². The van der Waals surface area contributed by atoms with E-state index in [1.807, 2.05) is 25.1 Å². The van der Waals surface area contributed by atoms with Crippen molar-refractivity contribution in [1.29, 1.82) is 0 Å². The highest BCUT2D eigenvalue weighted by molar-refractivity contribution is 5.41. The zero-order valence-corrected chi connectivity index (χ0v) is 13.1. The molecule has 1 aromatic carbocycles. The average Bonchev–Trinajstić information content (AvgIpc) is 2.39. The van der Waals surface area contributed by atoms with Gasteiger partial charge in [0.15, 0.2) is 0 Å². The van der Waals surface area contributed by atoms with Gasteiger partial charge in [-0.25, -0.2) is 0 Å². The van der Waals surface area contributed by atoms with Crippen LogP contribution in [0.15, 0.2) is 18.2 Å². The molecule has 0 saturated carbocycles. The molecule has 0 spiro atoms. The SMILES string of the molecule is COc1ccc(CNCC(C)C)c(OC(C)C(C)O)c1. The molecule has 4 heteroatoms. The van der Waals surface area contributed by atoms with Crippen molar-refractivity contribution >= 4 is 0 Å². The second-order valence-corrected chi connectivity index (χ2v) is 5.56. The van der Waals surface area contributed by atoms with Crippen LogP contribution in [0.3, 0.4) is 0 Å². The summed E-state index contributed by atoms with van der Waals surface area (Å²) in [5, 5.41) is 13.0. The van der Waals surface area contributed by atoms with Crippen molar-refractivity contribution < 1.29 is 14.6 Å².